The molecule has 7 heteroatoms. The minimum absolute atomic E-state index is 0.537. The molecule has 0 amide bonds. The van der Waals surface area contributed by atoms with Crippen molar-refractivity contribution in [1.82, 2.24) is 14.9 Å². The van der Waals surface area contributed by atoms with E-state index in [0.29, 0.717) is 15.9 Å². The minimum Gasteiger partial charge on any atom is -0.398 e. The summed E-state index contributed by atoms with van der Waals surface area (Å²) in [6.45, 7) is 0. The Morgan fingerprint density at radius 1 is 1.40 bits per heavy atom. The van der Waals surface area contributed by atoms with Crippen LogP contribution in [0.5, 0.6) is 0 Å². The molecule has 0 saturated heterocycles. The fraction of sp³-hybridized carbons (Fsp3) is 0. The van der Waals surface area contributed by atoms with Crippen molar-refractivity contribution in [3.8, 4) is 0 Å². The number of anilines is 1. The number of rotatable bonds is 2. The third-order valence-electron chi connectivity index (χ3n) is 1.73. The van der Waals surface area contributed by atoms with Crippen LogP contribution in [-0.4, -0.2) is 14.9 Å². The third-order valence-corrected chi connectivity index (χ3v) is 3.29. The maximum Gasteiger partial charge on any atom is 0.214 e. The Hall–Kier alpha value is -1.40. The molecule has 2 rings (SSSR count). The van der Waals surface area contributed by atoms with Gasteiger partial charge in [0.05, 0.1) is 9.92 Å². The van der Waals surface area contributed by atoms with Gasteiger partial charge in [-0.2, -0.15) is 0 Å². The van der Waals surface area contributed by atoms with Crippen molar-refractivity contribution in [1.29, 1.82) is 0 Å². The first-order valence-electron chi connectivity index (χ1n) is 4.05. The van der Waals surface area contributed by atoms with E-state index in [-0.39, 0.29) is 0 Å². The van der Waals surface area contributed by atoms with Crippen LogP contribution in [0.4, 0.5) is 5.69 Å². The molecule has 1 aromatic heterocycles. The summed E-state index contributed by atoms with van der Waals surface area (Å²) in [5.74, 6) is 5.58. The fourth-order valence-corrected chi connectivity index (χ4v) is 2.10. The maximum atomic E-state index is 6.00. The van der Waals surface area contributed by atoms with Crippen molar-refractivity contribution in [3.63, 3.8) is 0 Å². The third kappa shape index (κ3) is 2.00. The maximum absolute atomic E-state index is 6.00. The fourth-order valence-electron chi connectivity index (χ4n) is 1.03. The van der Waals surface area contributed by atoms with Crippen LogP contribution in [0.1, 0.15) is 0 Å². The Labute approximate surface area is 95.4 Å². The molecule has 1 heterocycles. The molecule has 0 radical (unpaired) electrons. The smallest absolute Gasteiger partial charge is 0.214 e. The van der Waals surface area contributed by atoms with Crippen molar-refractivity contribution in [3.05, 3.63) is 29.5 Å². The highest BCUT2D eigenvalue weighted by Gasteiger charge is 2.10. The van der Waals surface area contributed by atoms with E-state index < -0.39 is 0 Å². The lowest BCUT2D eigenvalue weighted by atomic mass is 10.3. The lowest BCUT2D eigenvalue weighted by Crippen LogP contribution is -2.07. The zero-order chi connectivity index (χ0) is 10.8. The Kier molecular flexibility index (Phi) is 2.70. The Morgan fingerprint density at radius 2 is 2.20 bits per heavy atom. The molecule has 5 nitrogen and oxygen atoms in total. The summed E-state index contributed by atoms with van der Waals surface area (Å²) in [5, 5.41) is 8.60. The van der Waals surface area contributed by atoms with Gasteiger partial charge in [0.2, 0.25) is 5.16 Å². The highest BCUT2D eigenvalue weighted by atomic mass is 35.5. The topological polar surface area (TPSA) is 82.8 Å². The first kappa shape index (κ1) is 10.1. The van der Waals surface area contributed by atoms with E-state index in [0.717, 1.165) is 4.90 Å². The van der Waals surface area contributed by atoms with Gasteiger partial charge >= 0.3 is 0 Å². The molecule has 15 heavy (non-hydrogen) atoms. The van der Waals surface area contributed by atoms with Gasteiger partial charge in [0.25, 0.3) is 0 Å². The number of nitrogen functional groups attached to an aromatic ring is 2. The zero-order valence-electron chi connectivity index (χ0n) is 7.59. The average molecular weight is 242 g/mol. The second-order valence-electron chi connectivity index (χ2n) is 2.78. The molecule has 78 valence electrons. The summed E-state index contributed by atoms with van der Waals surface area (Å²) in [6.07, 6.45) is 1.41. The van der Waals surface area contributed by atoms with Gasteiger partial charge in [0.1, 0.15) is 6.33 Å². The number of nitrogens with two attached hydrogens (primary N) is 2. The quantitative estimate of drug-likeness (QED) is 0.613. The van der Waals surface area contributed by atoms with E-state index in [9.17, 15) is 0 Å². The summed E-state index contributed by atoms with van der Waals surface area (Å²) in [6, 6.07) is 5.32. The van der Waals surface area contributed by atoms with Gasteiger partial charge in [-0.3, -0.25) is 0 Å². The zero-order valence-corrected chi connectivity index (χ0v) is 9.16. The number of nitrogens with zero attached hydrogens (tertiary/aromatic N) is 3. The summed E-state index contributed by atoms with van der Waals surface area (Å²) in [7, 11) is 0. The molecule has 0 fully saturated rings. The van der Waals surface area contributed by atoms with Crippen LogP contribution in [0, 0.1) is 0 Å². The van der Waals surface area contributed by atoms with Gasteiger partial charge in [0, 0.05) is 5.69 Å². The second-order valence-corrected chi connectivity index (χ2v) is 4.17. The number of benzene rings is 1. The SMILES string of the molecule is Nc1cccc(Cl)c1Sc1nncn1N. The molecule has 0 bridgehead atoms. The standard InChI is InChI=1S/C8H8ClN5S/c9-5-2-1-3-6(10)7(5)15-8-13-12-4-14(8)11/h1-4H,10-11H2. The Bertz CT molecular complexity index is 463. The molecular weight excluding hydrogens is 234 g/mol. The van der Waals surface area contributed by atoms with Crippen LogP contribution in [0.15, 0.2) is 34.6 Å². The summed E-state index contributed by atoms with van der Waals surface area (Å²) in [5.41, 5.74) is 6.38. The van der Waals surface area contributed by atoms with Crippen LogP contribution in [0.2, 0.25) is 5.02 Å². The number of hydrogen-bond acceptors (Lipinski definition) is 5. The van der Waals surface area contributed by atoms with Gasteiger partial charge in [-0.15, -0.1) is 10.2 Å². The van der Waals surface area contributed by atoms with E-state index in [1.165, 1.54) is 22.8 Å². The average Bonchev–Trinajstić information content (AvgIpc) is 2.58. The monoisotopic (exact) mass is 241 g/mol. The van der Waals surface area contributed by atoms with E-state index in [2.05, 4.69) is 10.2 Å². The molecule has 1 aromatic carbocycles. The van der Waals surface area contributed by atoms with Crippen LogP contribution < -0.4 is 11.6 Å². The largest absolute Gasteiger partial charge is 0.398 e. The first-order valence-corrected chi connectivity index (χ1v) is 5.25. The van der Waals surface area contributed by atoms with Crippen LogP contribution in [-0.2, 0) is 0 Å². The molecule has 2 aromatic rings. The van der Waals surface area contributed by atoms with Crippen LogP contribution in [0.25, 0.3) is 0 Å². The predicted molar refractivity (Wildman–Crippen MR) is 60.2 cm³/mol. The molecule has 0 saturated carbocycles. The number of aromatic nitrogens is 3. The normalized spacial score (nSPS) is 10.5. The van der Waals surface area contributed by atoms with Gasteiger partial charge in [-0.1, -0.05) is 17.7 Å². The van der Waals surface area contributed by atoms with Gasteiger partial charge < -0.3 is 11.6 Å². The van der Waals surface area contributed by atoms with Crippen molar-refractivity contribution >= 4 is 29.1 Å². The van der Waals surface area contributed by atoms with Gasteiger partial charge in [-0.25, -0.2) is 4.68 Å². The van der Waals surface area contributed by atoms with Crippen molar-refractivity contribution < 1.29 is 0 Å². The van der Waals surface area contributed by atoms with Crippen molar-refractivity contribution in [2.45, 2.75) is 10.1 Å². The molecule has 0 aliphatic heterocycles. The molecule has 4 N–H and O–H groups in total. The summed E-state index contributed by atoms with van der Waals surface area (Å²) < 4.78 is 1.31. The minimum atomic E-state index is 0.537. The lowest BCUT2D eigenvalue weighted by Gasteiger charge is -2.05. The molecular formula is C8H8ClN5S. The first-order chi connectivity index (χ1) is 7.18. The van der Waals surface area contributed by atoms with Crippen LogP contribution >= 0.6 is 23.4 Å². The lowest BCUT2D eigenvalue weighted by molar-refractivity contribution is 0.846. The number of halogens is 1. The van der Waals surface area contributed by atoms with E-state index >= 15 is 0 Å². The second kappa shape index (κ2) is 4.00. The van der Waals surface area contributed by atoms with Gasteiger partial charge in [0.15, 0.2) is 0 Å². The molecule has 0 spiro atoms. The van der Waals surface area contributed by atoms with E-state index in [1.54, 1.807) is 18.2 Å². The summed E-state index contributed by atoms with van der Waals surface area (Å²) >= 11 is 7.28. The van der Waals surface area contributed by atoms with E-state index in [4.69, 9.17) is 23.2 Å². The highest BCUT2D eigenvalue weighted by Crippen LogP contribution is 2.35. The molecule has 0 unspecified atom stereocenters. The molecule has 0 aliphatic rings. The number of hydrogen-bond donors (Lipinski definition) is 2. The van der Waals surface area contributed by atoms with Crippen molar-refractivity contribution in [2.24, 2.45) is 0 Å². The summed E-state index contributed by atoms with van der Waals surface area (Å²) in [4.78, 5) is 0.735. The Morgan fingerprint density at radius 3 is 2.80 bits per heavy atom. The highest BCUT2D eigenvalue weighted by molar-refractivity contribution is 7.99. The van der Waals surface area contributed by atoms with Gasteiger partial charge in [-0.05, 0) is 23.9 Å². The predicted octanol–water partition coefficient (Wildman–Crippen LogP) is 1.38. The van der Waals surface area contributed by atoms with Crippen LogP contribution in [0.3, 0.4) is 0 Å². The van der Waals surface area contributed by atoms with E-state index in [1.807, 2.05) is 0 Å². The molecule has 0 aliphatic carbocycles. The molecule has 0 atom stereocenters. The Balaban J connectivity index is 2.36. The van der Waals surface area contributed by atoms with Crippen molar-refractivity contribution in [2.75, 3.05) is 11.6 Å².